The van der Waals surface area contributed by atoms with E-state index in [4.69, 9.17) is 0 Å². The quantitative estimate of drug-likeness (QED) is 0.583. The Morgan fingerprint density at radius 1 is 1.03 bits per heavy atom. The van der Waals surface area contributed by atoms with E-state index in [9.17, 15) is 18.4 Å². The number of hydrogen-bond acceptors (Lipinski definition) is 2. The summed E-state index contributed by atoms with van der Waals surface area (Å²) < 4.78 is 42.9. The summed E-state index contributed by atoms with van der Waals surface area (Å²) in [6.07, 6.45) is 6.91. The Hall–Kier alpha value is -3.46. The van der Waals surface area contributed by atoms with Crippen molar-refractivity contribution in [2.45, 2.75) is 12.1 Å². The summed E-state index contributed by atoms with van der Waals surface area (Å²) in [5.74, 6) is -0.452. The lowest BCUT2D eigenvalue weighted by molar-refractivity contribution is 0.160. The fourth-order valence-electron chi connectivity index (χ4n) is 3.83. The van der Waals surface area contributed by atoms with Crippen molar-refractivity contribution >= 4 is 10.9 Å². The molecule has 2 heterocycles. The third kappa shape index (κ3) is 3.19. The van der Waals surface area contributed by atoms with E-state index in [0.717, 1.165) is 5.69 Å². The van der Waals surface area contributed by atoms with Crippen molar-refractivity contribution in [2.75, 3.05) is 13.3 Å². The summed E-state index contributed by atoms with van der Waals surface area (Å²) in [7, 11) is 0. The van der Waals surface area contributed by atoms with Gasteiger partial charge in [0.05, 0.1) is 28.9 Å². The number of nitriles is 1. The molecule has 0 saturated carbocycles. The van der Waals surface area contributed by atoms with Gasteiger partial charge in [-0.15, -0.1) is 0 Å². The third-order valence-corrected chi connectivity index (χ3v) is 5.13. The van der Waals surface area contributed by atoms with Crippen molar-refractivity contribution in [3.63, 3.8) is 0 Å². The molecule has 0 N–H and O–H groups in total. The van der Waals surface area contributed by atoms with E-state index in [1.165, 1.54) is 12.1 Å². The molecule has 29 heavy (non-hydrogen) atoms. The molecular weight excluding hydrogens is 375 g/mol. The first-order valence-electron chi connectivity index (χ1n) is 9.23. The van der Waals surface area contributed by atoms with E-state index >= 15 is 0 Å². The molecule has 1 aliphatic rings. The largest absolute Gasteiger partial charge is 0.357 e. The van der Waals surface area contributed by atoms with Crippen molar-refractivity contribution in [3.8, 4) is 11.8 Å². The van der Waals surface area contributed by atoms with Crippen molar-refractivity contribution in [2.24, 2.45) is 0 Å². The number of allylic oxidation sites excluding steroid dienone is 2. The Bertz CT molecular complexity index is 1120. The van der Waals surface area contributed by atoms with Crippen LogP contribution in [0.3, 0.4) is 0 Å². The topological polar surface area (TPSA) is 32.0 Å². The van der Waals surface area contributed by atoms with Crippen LogP contribution in [0.15, 0.2) is 73.0 Å². The van der Waals surface area contributed by atoms with Gasteiger partial charge in [-0.25, -0.2) is 13.2 Å². The summed E-state index contributed by atoms with van der Waals surface area (Å²) >= 11 is 0. The fourth-order valence-corrected chi connectivity index (χ4v) is 3.83. The van der Waals surface area contributed by atoms with Crippen molar-refractivity contribution in [1.82, 2.24) is 9.47 Å². The van der Waals surface area contributed by atoms with Crippen LogP contribution in [-0.2, 0) is 0 Å². The van der Waals surface area contributed by atoms with E-state index in [2.05, 4.69) is 6.07 Å². The molecular formula is C23H18F3N3. The molecule has 0 spiro atoms. The third-order valence-electron chi connectivity index (χ3n) is 5.13. The highest BCUT2D eigenvalue weighted by molar-refractivity contribution is 5.90. The lowest BCUT2D eigenvalue weighted by Gasteiger charge is -2.35. The van der Waals surface area contributed by atoms with E-state index < -0.39 is 31.3 Å². The molecule has 2 aromatic carbocycles. The second-order valence-electron chi connectivity index (χ2n) is 6.79. The van der Waals surface area contributed by atoms with Gasteiger partial charge in [0.2, 0.25) is 0 Å². The van der Waals surface area contributed by atoms with Crippen molar-refractivity contribution in [3.05, 3.63) is 90.0 Å². The highest BCUT2D eigenvalue weighted by atomic mass is 19.1. The number of halogens is 3. The summed E-state index contributed by atoms with van der Waals surface area (Å²) in [5, 5.41) is 10.4. The Morgan fingerprint density at radius 2 is 1.79 bits per heavy atom. The molecule has 146 valence electrons. The van der Waals surface area contributed by atoms with Crippen LogP contribution < -0.4 is 0 Å². The molecule has 4 rings (SSSR count). The SMILES string of the molecule is N#Cc1c(C2C=CC=CN2C(CF)CF)n(-c2ccccc2)c2ccc(F)cc12. The molecule has 0 radical (unpaired) electrons. The summed E-state index contributed by atoms with van der Waals surface area (Å²) in [6, 6.07) is 14.3. The molecule has 3 nitrogen and oxygen atoms in total. The number of rotatable bonds is 5. The average molecular weight is 393 g/mol. The average Bonchev–Trinajstić information content (AvgIpc) is 3.08. The number of alkyl halides is 2. The molecule has 0 bridgehead atoms. The molecule has 1 atom stereocenters. The predicted molar refractivity (Wildman–Crippen MR) is 107 cm³/mol. The molecule has 1 aliphatic heterocycles. The first kappa shape index (κ1) is 18.9. The Morgan fingerprint density at radius 3 is 2.48 bits per heavy atom. The molecule has 0 fully saturated rings. The second-order valence-corrected chi connectivity index (χ2v) is 6.79. The number of fused-ring (bicyclic) bond motifs is 1. The number of benzene rings is 2. The molecule has 1 aromatic heterocycles. The summed E-state index contributed by atoms with van der Waals surface area (Å²) in [6.45, 7) is -1.74. The number of hydrogen-bond donors (Lipinski definition) is 0. The summed E-state index contributed by atoms with van der Waals surface area (Å²) in [4.78, 5) is 1.57. The van der Waals surface area contributed by atoms with Gasteiger partial charge in [0.25, 0.3) is 0 Å². The van der Waals surface area contributed by atoms with Crippen molar-refractivity contribution < 1.29 is 13.2 Å². The maximum absolute atomic E-state index is 14.0. The van der Waals surface area contributed by atoms with Crippen LogP contribution in [0.4, 0.5) is 13.2 Å². The zero-order valence-corrected chi connectivity index (χ0v) is 15.5. The van der Waals surface area contributed by atoms with Gasteiger partial charge < -0.3 is 9.47 Å². The minimum Gasteiger partial charge on any atom is -0.357 e. The minimum absolute atomic E-state index is 0.287. The lowest BCUT2D eigenvalue weighted by Crippen LogP contribution is -2.38. The van der Waals surface area contributed by atoms with Crippen LogP contribution in [0.25, 0.3) is 16.6 Å². The van der Waals surface area contributed by atoms with Gasteiger partial charge in [-0.1, -0.05) is 30.4 Å². The molecule has 6 heteroatoms. The Kier molecular flexibility index (Phi) is 5.13. The fraction of sp³-hybridized carbons (Fsp3) is 0.174. The van der Waals surface area contributed by atoms with E-state index in [1.54, 1.807) is 35.4 Å². The van der Waals surface area contributed by atoms with Crippen LogP contribution in [0, 0.1) is 17.1 Å². The monoisotopic (exact) mass is 393 g/mol. The smallest absolute Gasteiger partial charge is 0.124 e. The minimum atomic E-state index is -0.980. The van der Waals surface area contributed by atoms with Crippen LogP contribution in [-0.4, -0.2) is 28.9 Å². The summed E-state index contributed by atoms with van der Waals surface area (Å²) in [5.41, 5.74) is 2.27. The highest BCUT2D eigenvalue weighted by Crippen LogP contribution is 2.38. The van der Waals surface area contributed by atoms with Gasteiger partial charge in [0.1, 0.15) is 25.2 Å². The maximum Gasteiger partial charge on any atom is 0.124 e. The zero-order valence-electron chi connectivity index (χ0n) is 15.5. The molecule has 0 saturated heterocycles. The van der Waals surface area contributed by atoms with Crippen LogP contribution in [0.2, 0.25) is 0 Å². The standard InChI is InChI=1S/C23H18F3N3/c24-13-18(14-25)28-11-5-4-8-22(28)23-20(15-27)19-12-16(26)9-10-21(19)29(23)17-6-2-1-3-7-17/h1-12,18,22H,13-14H2. The van der Waals surface area contributed by atoms with Gasteiger partial charge in [-0.2, -0.15) is 5.26 Å². The predicted octanol–water partition coefficient (Wildman–Crippen LogP) is 5.38. The first-order chi connectivity index (χ1) is 14.2. The van der Waals surface area contributed by atoms with Crippen LogP contribution in [0.5, 0.6) is 0 Å². The second kappa shape index (κ2) is 7.88. The van der Waals surface area contributed by atoms with E-state index in [1.807, 2.05) is 34.9 Å². The Labute approximate surface area is 166 Å². The van der Waals surface area contributed by atoms with E-state index in [-0.39, 0.29) is 5.56 Å². The Balaban J connectivity index is 2.04. The van der Waals surface area contributed by atoms with Crippen LogP contribution in [0.1, 0.15) is 17.3 Å². The number of nitrogens with zero attached hydrogens (tertiary/aromatic N) is 3. The maximum atomic E-state index is 14.0. The van der Waals surface area contributed by atoms with Gasteiger partial charge in [0.15, 0.2) is 0 Å². The molecule has 0 aliphatic carbocycles. The normalized spacial score (nSPS) is 16.0. The first-order valence-corrected chi connectivity index (χ1v) is 9.23. The van der Waals surface area contributed by atoms with Gasteiger partial charge >= 0.3 is 0 Å². The van der Waals surface area contributed by atoms with Gasteiger partial charge in [-0.05, 0) is 36.4 Å². The molecule has 1 unspecified atom stereocenters. The lowest BCUT2D eigenvalue weighted by atomic mass is 10.0. The molecule has 0 amide bonds. The highest BCUT2D eigenvalue weighted by Gasteiger charge is 2.31. The van der Waals surface area contributed by atoms with Gasteiger partial charge in [0, 0.05) is 17.3 Å². The van der Waals surface area contributed by atoms with Crippen LogP contribution >= 0.6 is 0 Å². The van der Waals surface area contributed by atoms with E-state index in [0.29, 0.717) is 16.6 Å². The number of para-hydroxylation sites is 1. The van der Waals surface area contributed by atoms with Gasteiger partial charge in [-0.3, -0.25) is 0 Å². The number of aromatic nitrogens is 1. The van der Waals surface area contributed by atoms with Crippen molar-refractivity contribution in [1.29, 1.82) is 5.26 Å². The molecule has 3 aromatic rings. The zero-order chi connectivity index (χ0) is 20.4.